The Labute approximate surface area is 228 Å². The molecule has 2 N–H and O–H groups in total. The fourth-order valence-corrected chi connectivity index (χ4v) is 5.21. The van der Waals surface area contributed by atoms with Gasteiger partial charge < -0.3 is 29.6 Å². The number of piperidine rings is 1. The molecule has 2 fully saturated rings. The van der Waals surface area contributed by atoms with E-state index >= 15 is 0 Å². The first-order chi connectivity index (χ1) is 18.9. The van der Waals surface area contributed by atoms with Gasteiger partial charge in [0.1, 0.15) is 23.6 Å². The lowest BCUT2D eigenvalue weighted by molar-refractivity contribution is 0.0969. The number of hydrogen-bond acceptors (Lipinski definition) is 9. The number of amides is 1. The number of hydrogen-bond donors (Lipinski definition) is 2. The van der Waals surface area contributed by atoms with Crippen LogP contribution in [0.3, 0.4) is 0 Å². The van der Waals surface area contributed by atoms with Crippen LogP contribution in [0.4, 0.5) is 11.5 Å². The van der Waals surface area contributed by atoms with E-state index < -0.39 is 5.91 Å². The summed E-state index contributed by atoms with van der Waals surface area (Å²) in [7, 11) is 0. The highest BCUT2D eigenvalue weighted by Crippen LogP contribution is 2.38. The van der Waals surface area contributed by atoms with Crippen molar-refractivity contribution >= 4 is 17.4 Å². The van der Waals surface area contributed by atoms with Gasteiger partial charge in [0.05, 0.1) is 30.8 Å². The van der Waals surface area contributed by atoms with Crippen LogP contribution in [0.5, 0.6) is 11.5 Å². The standard InChI is InChI=1S/C28H37N7O4/c1-20(2)22-16-23(25(37)17-24(22)36)34(11-10-32-8-4-3-5-9-32)28(38)27-31-30-19-35(27)21-6-7-26(29-18-21)33-12-14-39-15-13-33/h6-7,16-20,36-37H,3-5,8-15H2,1-2H3. The van der Waals surface area contributed by atoms with Gasteiger partial charge in [0.15, 0.2) is 0 Å². The molecule has 2 aromatic heterocycles. The van der Waals surface area contributed by atoms with E-state index in [9.17, 15) is 15.0 Å². The van der Waals surface area contributed by atoms with Crippen LogP contribution in [0.1, 0.15) is 55.2 Å². The zero-order valence-corrected chi connectivity index (χ0v) is 22.7. The predicted molar refractivity (Wildman–Crippen MR) is 148 cm³/mol. The van der Waals surface area contributed by atoms with Crippen LogP contribution in [0.15, 0.2) is 36.8 Å². The molecule has 2 aliphatic heterocycles. The quantitative estimate of drug-likeness (QED) is 0.448. The molecule has 1 amide bonds. The zero-order chi connectivity index (χ0) is 27.4. The maximum absolute atomic E-state index is 14.1. The van der Waals surface area contributed by atoms with Crippen molar-refractivity contribution in [1.82, 2.24) is 24.6 Å². The molecule has 2 aliphatic rings. The third kappa shape index (κ3) is 5.99. The largest absolute Gasteiger partial charge is 0.508 e. The Morgan fingerprint density at radius 3 is 2.51 bits per heavy atom. The van der Waals surface area contributed by atoms with Crippen molar-refractivity contribution in [2.45, 2.75) is 39.0 Å². The Balaban J connectivity index is 1.45. The first kappa shape index (κ1) is 26.9. The summed E-state index contributed by atoms with van der Waals surface area (Å²) in [6, 6.07) is 6.82. The minimum atomic E-state index is -0.391. The van der Waals surface area contributed by atoms with Gasteiger partial charge in [-0.1, -0.05) is 20.3 Å². The Morgan fingerprint density at radius 2 is 1.82 bits per heavy atom. The van der Waals surface area contributed by atoms with Crippen molar-refractivity contribution < 1.29 is 19.7 Å². The zero-order valence-electron chi connectivity index (χ0n) is 22.7. The summed E-state index contributed by atoms with van der Waals surface area (Å²) in [5.74, 6) is 0.422. The Morgan fingerprint density at radius 1 is 1.05 bits per heavy atom. The van der Waals surface area contributed by atoms with Crippen molar-refractivity contribution in [3.05, 3.63) is 48.2 Å². The van der Waals surface area contributed by atoms with Gasteiger partial charge in [-0.3, -0.25) is 9.36 Å². The number of rotatable bonds is 8. The molecule has 0 aliphatic carbocycles. The summed E-state index contributed by atoms with van der Waals surface area (Å²) in [5.41, 5.74) is 1.66. The lowest BCUT2D eigenvalue weighted by atomic mass is 10.0. The second kappa shape index (κ2) is 12.0. The molecule has 208 valence electrons. The van der Waals surface area contributed by atoms with Crippen molar-refractivity contribution in [3.63, 3.8) is 0 Å². The second-order valence-corrected chi connectivity index (χ2v) is 10.4. The van der Waals surface area contributed by atoms with Crippen LogP contribution in [0.25, 0.3) is 5.69 Å². The van der Waals surface area contributed by atoms with E-state index in [1.54, 1.807) is 21.7 Å². The molecule has 0 spiro atoms. The average Bonchev–Trinajstić information content (AvgIpc) is 3.45. The molecule has 0 atom stereocenters. The minimum absolute atomic E-state index is 0.00287. The monoisotopic (exact) mass is 535 g/mol. The molecule has 11 nitrogen and oxygen atoms in total. The summed E-state index contributed by atoms with van der Waals surface area (Å²) >= 11 is 0. The minimum Gasteiger partial charge on any atom is -0.508 e. The van der Waals surface area contributed by atoms with E-state index in [2.05, 4.69) is 25.0 Å². The number of phenolic OH excluding ortho intramolecular Hbond substituents is 2. The number of likely N-dealkylation sites (tertiary alicyclic amines) is 1. The maximum atomic E-state index is 14.1. The smallest absolute Gasteiger partial charge is 0.296 e. The number of nitrogens with zero attached hydrogens (tertiary/aromatic N) is 7. The number of morpholine rings is 1. The van der Waals surface area contributed by atoms with Crippen LogP contribution < -0.4 is 9.80 Å². The van der Waals surface area contributed by atoms with Crippen LogP contribution in [-0.2, 0) is 4.74 Å². The number of carbonyl (C=O) groups is 1. The fraction of sp³-hybridized carbons (Fsp3) is 0.500. The molecule has 0 unspecified atom stereocenters. The third-order valence-electron chi connectivity index (χ3n) is 7.45. The molecular formula is C28H37N7O4. The molecule has 39 heavy (non-hydrogen) atoms. The molecule has 0 radical (unpaired) electrons. The van der Waals surface area contributed by atoms with Crippen LogP contribution in [-0.4, -0.2) is 93.3 Å². The summed E-state index contributed by atoms with van der Waals surface area (Å²) in [6.07, 6.45) is 6.70. The molecular weight excluding hydrogens is 498 g/mol. The van der Waals surface area contributed by atoms with Crippen molar-refractivity contribution in [3.8, 4) is 17.2 Å². The van der Waals surface area contributed by atoms with Gasteiger partial charge in [-0.05, 0) is 55.6 Å². The van der Waals surface area contributed by atoms with E-state index in [4.69, 9.17) is 4.74 Å². The Kier molecular flexibility index (Phi) is 8.27. The van der Waals surface area contributed by atoms with Gasteiger partial charge >= 0.3 is 0 Å². The number of aromatic nitrogens is 4. The van der Waals surface area contributed by atoms with Gasteiger partial charge in [-0.2, -0.15) is 0 Å². The first-order valence-corrected chi connectivity index (χ1v) is 13.7. The lowest BCUT2D eigenvalue weighted by Crippen LogP contribution is -2.41. The normalized spacial score (nSPS) is 16.5. The number of aromatic hydroxyl groups is 2. The second-order valence-electron chi connectivity index (χ2n) is 10.4. The van der Waals surface area contributed by atoms with Crippen LogP contribution in [0.2, 0.25) is 0 Å². The lowest BCUT2D eigenvalue weighted by Gasteiger charge is -2.30. The van der Waals surface area contributed by atoms with Crippen molar-refractivity contribution in [2.24, 2.45) is 0 Å². The number of benzene rings is 1. The third-order valence-corrected chi connectivity index (χ3v) is 7.45. The Hall–Kier alpha value is -3.70. The van der Waals surface area contributed by atoms with Gasteiger partial charge in [0, 0.05) is 32.2 Å². The van der Waals surface area contributed by atoms with Gasteiger partial charge in [-0.15, -0.1) is 10.2 Å². The highest BCUT2D eigenvalue weighted by Gasteiger charge is 2.28. The summed E-state index contributed by atoms with van der Waals surface area (Å²) in [4.78, 5) is 24.7. The van der Waals surface area contributed by atoms with E-state index in [0.29, 0.717) is 43.2 Å². The maximum Gasteiger partial charge on any atom is 0.296 e. The summed E-state index contributed by atoms with van der Waals surface area (Å²) in [5, 5.41) is 29.5. The first-order valence-electron chi connectivity index (χ1n) is 13.7. The number of pyridine rings is 1. The SMILES string of the molecule is CC(C)c1cc(N(CCN2CCCCC2)C(=O)c2nncn2-c2ccc(N3CCOCC3)nc2)c(O)cc1O. The van der Waals surface area contributed by atoms with Crippen LogP contribution in [0, 0.1) is 0 Å². The molecule has 5 rings (SSSR count). The van der Waals surface area contributed by atoms with Gasteiger partial charge in [0.2, 0.25) is 5.82 Å². The average molecular weight is 536 g/mol. The molecule has 1 aromatic carbocycles. The molecule has 0 bridgehead atoms. The predicted octanol–water partition coefficient (Wildman–Crippen LogP) is 3.17. The fourth-order valence-electron chi connectivity index (χ4n) is 5.21. The van der Waals surface area contributed by atoms with Crippen molar-refractivity contribution in [1.29, 1.82) is 0 Å². The molecule has 11 heteroatoms. The Bertz CT molecular complexity index is 1270. The summed E-state index contributed by atoms with van der Waals surface area (Å²) in [6.45, 7) is 9.80. The summed E-state index contributed by atoms with van der Waals surface area (Å²) < 4.78 is 7.05. The van der Waals surface area contributed by atoms with Crippen LogP contribution >= 0.6 is 0 Å². The van der Waals surface area contributed by atoms with E-state index in [1.807, 2.05) is 26.0 Å². The molecule has 0 saturated carbocycles. The van der Waals surface area contributed by atoms with E-state index in [1.165, 1.54) is 18.8 Å². The number of anilines is 2. The molecule has 2 saturated heterocycles. The van der Waals surface area contributed by atoms with E-state index in [-0.39, 0.29) is 23.2 Å². The topological polar surface area (TPSA) is 120 Å². The number of carbonyl (C=O) groups excluding carboxylic acids is 1. The molecule has 3 aromatic rings. The van der Waals surface area contributed by atoms with Gasteiger partial charge in [0.25, 0.3) is 5.91 Å². The van der Waals surface area contributed by atoms with E-state index in [0.717, 1.165) is 44.8 Å². The van der Waals surface area contributed by atoms with Gasteiger partial charge in [-0.25, -0.2) is 4.98 Å². The number of phenols is 2. The number of ether oxygens (including phenoxy) is 1. The molecule has 4 heterocycles. The van der Waals surface area contributed by atoms with Crippen molar-refractivity contribution in [2.75, 3.05) is 62.3 Å². The highest BCUT2D eigenvalue weighted by molar-refractivity contribution is 6.05. The highest BCUT2D eigenvalue weighted by atomic mass is 16.5.